The van der Waals surface area contributed by atoms with Gasteiger partial charge < -0.3 is 18.9 Å². The molecular weight excluding hydrogens is 384 g/mol. The lowest BCUT2D eigenvalue weighted by Gasteiger charge is -2.25. The Bertz CT molecular complexity index is 960. The van der Waals surface area contributed by atoms with E-state index in [4.69, 9.17) is 18.9 Å². The van der Waals surface area contributed by atoms with Gasteiger partial charge in [0.15, 0.2) is 11.5 Å². The van der Waals surface area contributed by atoms with Crippen molar-refractivity contribution in [2.24, 2.45) is 5.41 Å². The van der Waals surface area contributed by atoms with Gasteiger partial charge in [-0.05, 0) is 50.1 Å². The van der Waals surface area contributed by atoms with E-state index in [1.807, 2.05) is 45.0 Å². The van der Waals surface area contributed by atoms with E-state index in [0.717, 1.165) is 23.1 Å². The first-order chi connectivity index (χ1) is 14.3. The average molecular weight is 412 g/mol. The minimum absolute atomic E-state index is 0.154. The van der Waals surface area contributed by atoms with Crippen LogP contribution in [0.3, 0.4) is 0 Å². The fourth-order valence-electron chi connectivity index (χ4n) is 3.47. The van der Waals surface area contributed by atoms with Gasteiger partial charge in [-0.2, -0.15) is 0 Å². The molecule has 1 aliphatic rings. The van der Waals surface area contributed by atoms with Gasteiger partial charge in [-0.15, -0.1) is 0 Å². The van der Waals surface area contributed by atoms with Crippen LogP contribution in [0, 0.1) is 5.41 Å². The maximum absolute atomic E-state index is 12.5. The first-order valence-electron chi connectivity index (χ1n) is 10.0. The molecule has 0 atom stereocenters. The highest BCUT2D eigenvalue weighted by molar-refractivity contribution is 5.94. The number of fused-ring (bicyclic) bond motifs is 1. The van der Waals surface area contributed by atoms with E-state index in [9.17, 15) is 9.59 Å². The molecule has 0 unspecified atom stereocenters. The molecule has 2 aromatic carbocycles. The second kappa shape index (κ2) is 8.78. The number of rotatable bonds is 9. The van der Waals surface area contributed by atoms with Crippen molar-refractivity contribution >= 4 is 11.8 Å². The minimum Gasteiger partial charge on any atom is -0.493 e. The van der Waals surface area contributed by atoms with Crippen LogP contribution < -0.4 is 14.2 Å². The quantitative estimate of drug-likeness (QED) is 0.550. The highest BCUT2D eigenvalue weighted by Gasteiger charge is 2.29. The summed E-state index contributed by atoms with van der Waals surface area (Å²) in [5, 5.41) is 0. The van der Waals surface area contributed by atoms with Gasteiger partial charge in [0.2, 0.25) is 5.75 Å². The molecule has 1 heterocycles. The van der Waals surface area contributed by atoms with Crippen molar-refractivity contribution in [2.75, 3.05) is 20.8 Å². The fourth-order valence-corrected chi connectivity index (χ4v) is 3.47. The first kappa shape index (κ1) is 21.7. The summed E-state index contributed by atoms with van der Waals surface area (Å²) < 4.78 is 22.4. The summed E-state index contributed by atoms with van der Waals surface area (Å²) in [6.45, 7) is 6.21. The van der Waals surface area contributed by atoms with E-state index in [0.29, 0.717) is 29.2 Å². The molecule has 0 spiro atoms. The molecule has 0 saturated carbocycles. The van der Waals surface area contributed by atoms with Crippen LogP contribution in [-0.2, 0) is 16.1 Å². The van der Waals surface area contributed by atoms with Crippen LogP contribution in [0.5, 0.6) is 17.2 Å². The molecule has 0 N–H and O–H groups in total. The third-order valence-corrected chi connectivity index (χ3v) is 5.30. The molecule has 0 amide bonds. The molecule has 0 fully saturated rings. The normalized spacial score (nSPS) is 12.9. The standard InChI is InChI=1S/C24H28O6/c1-6-7-20(25)24(2,3)14-30-21-17(10-11-19(27-4)22(21)28-5)15-8-9-18-16(12-15)13-29-23(18)26/h8-12H,6-7,13-14H2,1-5H3. The van der Waals surface area contributed by atoms with Gasteiger partial charge in [-0.25, -0.2) is 4.79 Å². The van der Waals surface area contributed by atoms with Crippen molar-refractivity contribution in [1.29, 1.82) is 0 Å². The highest BCUT2D eigenvalue weighted by atomic mass is 16.5. The minimum atomic E-state index is -0.639. The second-order valence-electron chi connectivity index (χ2n) is 7.97. The van der Waals surface area contributed by atoms with Gasteiger partial charge in [-0.3, -0.25) is 4.79 Å². The van der Waals surface area contributed by atoms with E-state index in [1.54, 1.807) is 20.3 Å². The van der Waals surface area contributed by atoms with Crippen LogP contribution >= 0.6 is 0 Å². The summed E-state index contributed by atoms with van der Waals surface area (Å²) >= 11 is 0. The zero-order valence-corrected chi connectivity index (χ0v) is 18.2. The number of carbonyl (C=O) groups is 2. The van der Waals surface area contributed by atoms with E-state index in [2.05, 4.69) is 0 Å². The van der Waals surface area contributed by atoms with Crippen LogP contribution in [0.2, 0.25) is 0 Å². The lowest BCUT2D eigenvalue weighted by atomic mass is 9.87. The Morgan fingerprint density at radius 2 is 1.80 bits per heavy atom. The molecule has 0 aliphatic carbocycles. The summed E-state index contributed by atoms with van der Waals surface area (Å²) in [5.41, 5.74) is 2.42. The number of esters is 1. The summed E-state index contributed by atoms with van der Waals surface area (Å²) in [7, 11) is 3.12. The molecule has 1 aliphatic heterocycles. The molecule has 2 aromatic rings. The number of Topliss-reactive ketones (excluding diaryl/α,β-unsaturated/α-hetero) is 1. The topological polar surface area (TPSA) is 71.1 Å². The highest BCUT2D eigenvalue weighted by Crippen LogP contribution is 2.45. The Hall–Kier alpha value is -3.02. The number of ketones is 1. The number of benzene rings is 2. The van der Waals surface area contributed by atoms with Gasteiger partial charge in [0.05, 0.1) is 25.2 Å². The lowest BCUT2D eigenvalue weighted by molar-refractivity contribution is -0.128. The maximum atomic E-state index is 12.5. The first-order valence-corrected chi connectivity index (χ1v) is 10.0. The van der Waals surface area contributed by atoms with Crippen LogP contribution in [0.15, 0.2) is 30.3 Å². The van der Waals surface area contributed by atoms with Crippen molar-refractivity contribution in [2.45, 2.75) is 40.2 Å². The Kier molecular flexibility index (Phi) is 6.34. The molecule has 0 aromatic heterocycles. The van der Waals surface area contributed by atoms with Crippen molar-refractivity contribution < 1.29 is 28.5 Å². The summed E-state index contributed by atoms with van der Waals surface area (Å²) in [6.07, 6.45) is 1.31. The molecule has 3 rings (SSSR count). The number of cyclic esters (lactones) is 1. The second-order valence-corrected chi connectivity index (χ2v) is 7.97. The summed E-state index contributed by atoms with van der Waals surface area (Å²) in [5.74, 6) is 1.34. The lowest BCUT2D eigenvalue weighted by Crippen LogP contribution is -2.31. The SMILES string of the molecule is CCCC(=O)C(C)(C)COc1c(-c2ccc3c(c2)COC3=O)ccc(OC)c1OC. The largest absolute Gasteiger partial charge is 0.493 e. The van der Waals surface area contributed by atoms with Crippen LogP contribution in [0.25, 0.3) is 11.1 Å². The molecule has 160 valence electrons. The number of carbonyl (C=O) groups excluding carboxylic acids is 2. The van der Waals surface area contributed by atoms with Crippen molar-refractivity contribution in [3.63, 3.8) is 0 Å². The Morgan fingerprint density at radius 3 is 2.47 bits per heavy atom. The average Bonchev–Trinajstić information content (AvgIpc) is 3.11. The van der Waals surface area contributed by atoms with Gasteiger partial charge >= 0.3 is 5.97 Å². The van der Waals surface area contributed by atoms with Crippen molar-refractivity contribution in [3.05, 3.63) is 41.5 Å². The van der Waals surface area contributed by atoms with E-state index in [1.165, 1.54) is 0 Å². The molecule has 30 heavy (non-hydrogen) atoms. The molecule has 0 saturated heterocycles. The Labute approximate surface area is 177 Å². The third-order valence-electron chi connectivity index (χ3n) is 5.30. The number of hydrogen-bond acceptors (Lipinski definition) is 6. The van der Waals surface area contributed by atoms with Gasteiger partial charge in [0.1, 0.15) is 19.0 Å². The molecule has 6 nitrogen and oxygen atoms in total. The van der Waals surface area contributed by atoms with Crippen molar-refractivity contribution in [1.82, 2.24) is 0 Å². The number of ether oxygens (including phenoxy) is 4. The smallest absolute Gasteiger partial charge is 0.338 e. The molecule has 0 bridgehead atoms. The number of hydrogen-bond donors (Lipinski definition) is 0. The van der Waals surface area contributed by atoms with Gasteiger partial charge in [0.25, 0.3) is 0 Å². The summed E-state index contributed by atoms with van der Waals surface area (Å²) in [6, 6.07) is 9.23. The van der Waals surface area contributed by atoms with E-state index >= 15 is 0 Å². The Balaban J connectivity index is 2.02. The van der Waals surface area contributed by atoms with Crippen LogP contribution in [0.4, 0.5) is 0 Å². The fraction of sp³-hybridized carbons (Fsp3) is 0.417. The predicted octanol–water partition coefficient (Wildman–Crippen LogP) is 4.82. The van der Waals surface area contributed by atoms with Crippen molar-refractivity contribution in [3.8, 4) is 28.4 Å². The van der Waals surface area contributed by atoms with E-state index < -0.39 is 5.41 Å². The van der Waals surface area contributed by atoms with E-state index in [-0.39, 0.29) is 25.0 Å². The maximum Gasteiger partial charge on any atom is 0.338 e. The van der Waals surface area contributed by atoms with Gasteiger partial charge in [-0.1, -0.05) is 13.0 Å². The molecule has 6 heteroatoms. The molecule has 0 radical (unpaired) electrons. The zero-order chi connectivity index (χ0) is 21.9. The number of methoxy groups -OCH3 is 2. The summed E-state index contributed by atoms with van der Waals surface area (Å²) in [4.78, 5) is 24.3. The van der Waals surface area contributed by atoms with Gasteiger partial charge in [0, 0.05) is 17.5 Å². The van der Waals surface area contributed by atoms with Crippen LogP contribution in [-0.4, -0.2) is 32.6 Å². The predicted molar refractivity (Wildman–Crippen MR) is 113 cm³/mol. The monoisotopic (exact) mass is 412 g/mol. The third kappa shape index (κ3) is 4.13. The zero-order valence-electron chi connectivity index (χ0n) is 18.2. The van der Waals surface area contributed by atoms with Crippen LogP contribution in [0.1, 0.15) is 49.5 Å². The molecular formula is C24H28O6. The Morgan fingerprint density at radius 1 is 1.07 bits per heavy atom.